The summed E-state index contributed by atoms with van der Waals surface area (Å²) >= 11 is 0. The normalized spacial score (nSPS) is 29.1. The van der Waals surface area contributed by atoms with Gasteiger partial charge in [-0.15, -0.1) is 0 Å². The Kier molecular flexibility index (Phi) is 6.36. The number of aliphatic hydroxyl groups is 1. The average Bonchev–Trinajstić information content (AvgIpc) is 3.25. The molecule has 0 amide bonds. The fourth-order valence-electron chi connectivity index (χ4n) is 4.16. The lowest BCUT2D eigenvalue weighted by Crippen LogP contribution is -2.47. The third-order valence-electron chi connectivity index (χ3n) is 5.70. The minimum atomic E-state index is -0.702. The Bertz CT molecular complexity index is 417. The lowest BCUT2D eigenvalue weighted by atomic mass is 9.95. The maximum Gasteiger partial charge on any atom is 0.191 e. The Labute approximate surface area is 146 Å². The molecular weight excluding hydrogens is 304 g/mol. The topological polar surface area (TPSA) is 69.1 Å². The van der Waals surface area contributed by atoms with E-state index in [4.69, 9.17) is 4.74 Å². The summed E-state index contributed by atoms with van der Waals surface area (Å²) in [6, 6.07) is 1.27. The molecule has 6 nitrogen and oxygen atoms in total. The minimum Gasteiger partial charge on any atom is -0.388 e. The maximum absolute atomic E-state index is 10.6. The SMILES string of the molecule is CCNC(=NCC1(O)CCOCC1)NC1CCN(C2CCCC2)C1. The number of aliphatic imine (C=N–C) groups is 1. The van der Waals surface area contributed by atoms with Crippen molar-refractivity contribution in [1.82, 2.24) is 15.5 Å². The summed E-state index contributed by atoms with van der Waals surface area (Å²) in [5.41, 5.74) is -0.702. The van der Waals surface area contributed by atoms with Crippen molar-refractivity contribution in [3.63, 3.8) is 0 Å². The van der Waals surface area contributed by atoms with Crippen LogP contribution in [-0.2, 0) is 4.74 Å². The molecule has 0 aromatic rings. The van der Waals surface area contributed by atoms with Crippen LogP contribution in [0.4, 0.5) is 0 Å². The Morgan fingerprint density at radius 2 is 2.00 bits per heavy atom. The zero-order valence-corrected chi connectivity index (χ0v) is 15.1. The van der Waals surface area contributed by atoms with Gasteiger partial charge < -0.3 is 20.5 Å². The van der Waals surface area contributed by atoms with Crippen molar-refractivity contribution in [3.8, 4) is 0 Å². The molecule has 0 aromatic heterocycles. The number of nitrogens with one attached hydrogen (secondary N) is 2. The molecule has 3 fully saturated rings. The Balaban J connectivity index is 1.50. The van der Waals surface area contributed by atoms with Gasteiger partial charge in [-0.05, 0) is 26.2 Å². The molecule has 2 aliphatic heterocycles. The van der Waals surface area contributed by atoms with Crippen molar-refractivity contribution in [2.75, 3.05) is 39.4 Å². The van der Waals surface area contributed by atoms with Crippen LogP contribution in [-0.4, -0.2) is 73.0 Å². The molecule has 24 heavy (non-hydrogen) atoms. The first-order chi connectivity index (χ1) is 11.7. The third kappa shape index (κ3) is 4.83. The van der Waals surface area contributed by atoms with Gasteiger partial charge in [-0.2, -0.15) is 0 Å². The number of guanidine groups is 1. The third-order valence-corrected chi connectivity index (χ3v) is 5.70. The Morgan fingerprint density at radius 1 is 1.25 bits per heavy atom. The summed E-state index contributed by atoms with van der Waals surface area (Å²) in [7, 11) is 0. The van der Waals surface area contributed by atoms with Gasteiger partial charge in [0.2, 0.25) is 0 Å². The summed E-state index contributed by atoms with van der Waals surface area (Å²) < 4.78 is 5.34. The van der Waals surface area contributed by atoms with E-state index >= 15 is 0 Å². The summed E-state index contributed by atoms with van der Waals surface area (Å²) in [4.78, 5) is 7.32. The molecule has 0 aromatic carbocycles. The van der Waals surface area contributed by atoms with E-state index in [1.165, 1.54) is 38.6 Å². The highest BCUT2D eigenvalue weighted by Gasteiger charge is 2.31. The highest BCUT2D eigenvalue weighted by molar-refractivity contribution is 5.80. The van der Waals surface area contributed by atoms with Gasteiger partial charge in [0.05, 0.1) is 12.1 Å². The summed E-state index contributed by atoms with van der Waals surface area (Å²) in [5, 5.41) is 17.5. The molecule has 1 unspecified atom stereocenters. The van der Waals surface area contributed by atoms with Crippen LogP contribution < -0.4 is 10.6 Å². The highest BCUT2D eigenvalue weighted by atomic mass is 16.5. The van der Waals surface area contributed by atoms with E-state index in [1.807, 2.05) is 0 Å². The zero-order chi connectivity index (χ0) is 16.8. The molecule has 0 bridgehead atoms. The molecule has 1 saturated carbocycles. The van der Waals surface area contributed by atoms with Crippen LogP contribution in [0.15, 0.2) is 4.99 Å². The van der Waals surface area contributed by atoms with Crippen LogP contribution >= 0.6 is 0 Å². The van der Waals surface area contributed by atoms with E-state index in [1.54, 1.807) is 0 Å². The van der Waals surface area contributed by atoms with Crippen molar-refractivity contribution >= 4 is 5.96 Å². The Morgan fingerprint density at radius 3 is 2.71 bits per heavy atom. The standard InChI is InChI=1S/C18H34N4O2/c1-2-19-17(20-14-18(23)8-11-24-12-9-18)21-15-7-10-22(13-15)16-5-3-4-6-16/h15-16,23H,2-14H2,1H3,(H2,19,20,21). The summed E-state index contributed by atoms with van der Waals surface area (Å²) in [5.74, 6) is 0.843. The molecule has 0 spiro atoms. The zero-order valence-electron chi connectivity index (χ0n) is 15.1. The molecule has 6 heteroatoms. The van der Waals surface area contributed by atoms with Crippen molar-refractivity contribution in [3.05, 3.63) is 0 Å². The van der Waals surface area contributed by atoms with Gasteiger partial charge in [0, 0.05) is 57.8 Å². The van der Waals surface area contributed by atoms with Crippen LogP contribution in [0.2, 0.25) is 0 Å². The van der Waals surface area contributed by atoms with E-state index in [0.717, 1.165) is 25.1 Å². The van der Waals surface area contributed by atoms with E-state index < -0.39 is 5.60 Å². The molecule has 138 valence electrons. The molecule has 1 aliphatic carbocycles. The van der Waals surface area contributed by atoms with Gasteiger partial charge in [0.15, 0.2) is 5.96 Å². The average molecular weight is 338 g/mol. The Hall–Kier alpha value is -0.850. The molecule has 1 atom stereocenters. The van der Waals surface area contributed by atoms with Gasteiger partial charge in [-0.1, -0.05) is 12.8 Å². The fraction of sp³-hybridized carbons (Fsp3) is 0.944. The van der Waals surface area contributed by atoms with Crippen LogP contribution in [0.1, 0.15) is 51.9 Å². The number of ether oxygens (including phenoxy) is 1. The highest BCUT2D eigenvalue weighted by Crippen LogP contribution is 2.26. The predicted octanol–water partition coefficient (Wildman–Crippen LogP) is 1.10. The van der Waals surface area contributed by atoms with Crippen molar-refractivity contribution in [2.24, 2.45) is 4.99 Å². The van der Waals surface area contributed by atoms with Crippen LogP contribution in [0.25, 0.3) is 0 Å². The minimum absolute atomic E-state index is 0.449. The maximum atomic E-state index is 10.6. The quantitative estimate of drug-likeness (QED) is 0.517. The molecule has 3 aliphatic rings. The van der Waals surface area contributed by atoms with E-state index in [-0.39, 0.29) is 0 Å². The van der Waals surface area contributed by atoms with E-state index in [0.29, 0.717) is 38.6 Å². The number of hydrogen-bond acceptors (Lipinski definition) is 4. The molecule has 2 heterocycles. The lowest BCUT2D eigenvalue weighted by Gasteiger charge is -2.31. The largest absolute Gasteiger partial charge is 0.388 e. The molecule has 0 radical (unpaired) electrons. The van der Waals surface area contributed by atoms with Crippen molar-refractivity contribution in [1.29, 1.82) is 0 Å². The first-order valence-corrected chi connectivity index (χ1v) is 9.77. The van der Waals surface area contributed by atoms with Crippen molar-refractivity contribution in [2.45, 2.75) is 69.6 Å². The second kappa shape index (κ2) is 8.50. The van der Waals surface area contributed by atoms with Gasteiger partial charge in [0.1, 0.15) is 0 Å². The first kappa shape index (κ1) is 18.0. The van der Waals surface area contributed by atoms with Gasteiger partial charge in [-0.3, -0.25) is 9.89 Å². The summed E-state index contributed by atoms with van der Waals surface area (Å²) in [6.07, 6.45) is 8.06. The van der Waals surface area contributed by atoms with Gasteiger partial charge in [-0.25, -0.2) is 0 Å². The van der Waals surface area contributed by atoms with Gasteiger partial charge >= 0.3 is 0 Å². The summed E-state index contributed by atoms with van der Waals surface area (Å²) in [6.45, 7) is 6.96. The molecule has 2 saturated heterocycles. The van der Waals surface area contributed by atoms with Crippen LogP contribution in [0.5, 0.6) is 0 Å². The molecule has 3 N–H and O–H groups in total. The predicted molar refractivity (Wildman–Crippen MR) is 96.4 cm³/mol. The first-order valence-electron chi connectivity index (χ1n) is 9.77. The monoisotopic (exact) mass is 338 g/mol. The van der Waals surface area contributed by atoms with Crippen LogP contribution in [0, 0.1) is 0 Å². The number of likely N-dealkylation sites (tertiary alicyclic amines) is 1. The van der Waals surface area contributed by atoms with E-state index in [2.05, 4.69) is 27.4 Å². The molecule has 3 rings (SSSR count). The fourth-order valence-corrected chi connectivity index (χ4v) is 4.16. The van der Waals surface area contributed by atoms with Crippen molar-refractivity contribution < 1.29 is 9.84 Å². The van der Waals surface area contributed by atoms with Crippen LogP contribution in [0.3, 0.4) is 0 Å². The lowest BCUT2D eigenvalue weighted by molar-refractivity contribution is -0.0566. The van der Waals surface area contributed by atoms with Gasteiger partial charge in [0.25, 0.3) is 0 Å². The molecular formula is C18H34N4O2. The number of rotatable bonds is 5. The second-order valence-corrected chi connectivity index (χ2v) is 7.60. The smallest absolute Gasteiger partial charge is 0.191 e. The second-order valence-electron chi connectivity index (χ2n) is 7.60. The number of hydrogen-bond donors (Lipinski definition) is 3. The van der Waals surface area contributed by atoms with E-state index in [9.17, 15) is 5.11 Å². The number of nitrogens with zero attached hydrogens (tertiary/aromatic N) is 2.